The van der Waals surface area contributed by atoms with E-state index in [4.69, 9.17) is 14.2 Å². The van der Waals surface area contributed by atoms with Crippen molar-refractivity contribution in [2.45, 2.75) is 162 Å². The normalized spacial score (nSPS) is 13.3. The molecule has 0 heterocycles. The fourth-order valence-corrected chi connectivity index (χ4v) is 5.06. The zero-order chi connectivity index (χ0) is 40.8. The van der Waals surface area contributed by atoms with Gasteiger partial charge >= 0.3 is 17.9 Å². The third kappa shape index (κ3) is 41.0. The van der Waals surface area contributed by atoms with Gasteiger partial charge in [-0.15, -0.1) is 0 Å². The van der Waals surface area contributed by atoms with Crippen molar-refractivity contribution in [3.8, 4) is 0 Å². The second-order valence-corrected chi connectivity index (χ2v) is 13.5. The van der Waals surface area contributed by atoms with Crippen LogP contribution in [0.3, 0.4) is 0 Å². The van der Waals surface area contributed by atoms with Gasteiger partial charge in [0.05, 0.1) is 6.42 Å². The van der Waals surface area contributed by atoms with Crippen LogP contribution in [0.15, 0.2) is 122 Å². The van der Waals surface area contributed by atoms with E-state index < -0.39 is 18.0 Å². The zero-order valence-electron chi connectivity index (χ0n) is 35.3. The fraction of sp³-hybridized carbons (Fsp3) is 0.540. The maximum Gasteiger partial charge on any atom is 0.309 e. The average Bonchev–Trinajstić information content (AvgIpc) is 3.19. The molecule has 1 unspecified atom stereocenters. The van der Waals surface area contributed by atoms with E-state index in [0.29, 0.717) is 12.8 Å². The first kappa shape index (κ1) is 51.8. The summed E-state index contributed by atoms with van der Waals surface area (Å²) in [6.45, 7) is 6.13. The van der Waals surface area contributed by atoms with Crippen molar-refractivity contribution >= 4 is 17.9 Å². The molecule has 0 fully saturated rings. The Morgan fingerprint density at radius 1 is 0.393 bits per heavy atom. The van der Waals surface area contributed by atoms with Gasteiger partial charge < -0.3 is 14.2 Å². The molecule has 0 N–H and O–H groups in total. The summed E-state index contributed by atoms with van der Waals surface area (Å²) < 4.78 is 16.5. The highest BCUT2D eigenvalue weighted by atomic mass is 16.6. The summed E-state index contributed by atoms with van der Waals surface area (Å²) >= 11 is 0. The molecular formula is C50H76O6. The molecule has 6 heteroatoms. The molecule has 0 radical (unpaired) electrons. The highest BCUT2D eigenvalue weighted by Crippen LogP contribution is 2.10. The van der Waals surface area contributed by atoms with Crippen LogP contribution in [0.4, 0.5) is 0 Å². The molecule has 0 saturated carbocycles. The molecule has 0 aliphatic heterocycles. The van der Waals surface area contributed by atoms with E-state index in [2.05, 4.69) is 118 Å². The van der Waals surface area contributed by atoms with Crippen molar-refractivity contribution < 1.29 is 28.6 Å². The SMILES string of the molecule is CC/C=C\C/C=C\C/C=C\C/C=C\C/C=C\CC(=O)OCC(COC(=O)CCCCCCC/C=C\CCC)OC(=O)CC/C=C\C/C=C\C/C=C\C/C=C\CC. The lowest BCUT2D eigenvalue weighted by atomic mass is 10.1. The highest BCUT2D eigenvalue weighted by Gasteiger charge is 2.19. The number of allylic oxidation sites excluding steroid dienone is 19. The molecule has 0 bridgehead atoms. The first-order chi connectivity index (χ1) is 27.5. The number of hydrogen-bond donors (Lipinski definition) is 0. The van der Waals surface area contributed by atoms with E-state index in [1.165, 1.54) is 12.8 Å². The van der Waals surface area contributed by atoms with Crippen LogP contribution in [0.25, 0.3) is 0 Å². The summed E-state index contributed by atoms with van der Waals surface area (Å²) in [5.74, 6) is -1.19. The van der Waals surface area contributed by atoms with Crippen LogP contribution in [-0.4, -0.2) is 37.2 Å². The van der Waals surface area contributed by atoms with Crippen molar-refractivity contribution in [3.63, 3.8) is 0 Å². The summed E-state index contributed by atoms with van der Waals surface area (Å²) in [5.41, 5.74) is 0. The topological polar surface area (TPSA) is 78.9 Å². The maximum absolute atomic E-state index is 12.6. The van der Waals surface area contributed by atoms with Gasteiger partial charge in [0.15, 0.2) is 6.10 Å². The van der Waals surface area contributed by atoms with Crippen molar-refractivity contribution in [3.05, 3.63) is 122 Å². The monoisotopic (exact) mass is 773 g/mol. The lowest BCUT2D eigenvalue weighted by molar-refractivity contribution is -0.166. The predicted molar refractivity (Wildman–Crippen MR) is 237 cm³/mol. The summed E-state index contributed by atoms with van der Waals surface area (Å²) in [4.78, 5) is 37.6. The van der Waals surface area contributed by atoms with Crippen molar-refractivity contribution in [1.82, 2.24) is 0 Å². The molecule has 56 heavy (non-hydrogen) atoms. The zero-order valence-corrected chi connectivity index (χ0v) is 35.3. The van der Waals surface area contributed by atoms with E-state index in [0.717, 1.165) is 96.3 Å². The first-order valence-corrected chi connectivity index (χ1v) is 21.5. The minimum atomic E-state index is -0.859. The van der Waals surface area contributed by atoms with Gasteiger partial charge in [-0.3, -0.25) is 14.4 Å². The van der Waals surface area contributed by atoms with Crippen LogP contribution in [0.2, 0.25) is 0 Å². The lowest BCUT2D eigenvalue weighted by Gasteiger charge is -2.18. The Morgan fingerprint density at radius 3 is 1.32 bits per heavy atom. The van der Waals surface area contributed by atoms with Crippen LogP contribution in [0.5, 0.6) is 0 Å². The number of rotatable bonds is 36. The highest BCUT2D eigenvalue weighted by molar-refractivity contribution is 5.72. The first-order valence-electron chi connectivity index (χ1n) is 21.5. The number of esters is 3. The number of unbranched alkanes of at least 4 members (excludes halogenated alkanes) is 6. The summed E-state index contributed by atoms with van der Waals surface area (Å²) in [6, 6.07) is 0. The number of hydrogen-bond acceptors (Lipinski definition) is 6. The quantitative estimate of drug-likeness (QED) is 0.0273. The molecule has 0 amide bonds. The summed E-state index contributed by atoms with van der Waals surface area (Å²) in [5, 5.41) is 0. The third-order valence-electron chi connectivity index (χ3n) is 8.21. The summed E-state index contributed by atoms with van der Waals surface area (Å²) in [6.07, 6.45) is 59.4. The van der Waals surface area contributed by atoms with Gasteiger partial charge in [0, 0.05) is 12.8 Å². The van der Waals surface area contributed by atoms with Crippen LogP contribution < -0.4 is 0 Å². The van der Waals surface area contributed by atoms with E-state index in [9.17, 15) is 14.4 Å². The molecule has 0 saturated heterocycles. The Kier molecular flexibility index (Phi) is 40.3. The van der Waals surface area contributed by atoms with Gasteiger partial charge in [-0.25, -0.2) is 0 Å². The minimum absolute atomic E-state index is 0.106. The molecule has 1 atom stereocenters. The van der Waals surface area contributed by atoms with Gasteiger partial charge in [0.25, 0.3) is 0 Å². The molecule has 6 nitrogen and oxygen atoms in total. The number of carbonyl (C=O) groups is 3. The molecule has 0 aliphatic carbocycles. The molecule has 0 aromatic heterocycles. The standard InChI is InChI=1S/C50H76O6/c1-4-7-10-13-16-19-22-24-25-27-28-31-34-37-40-43-49(52)55-46-47(45-54-48(51)42-39-36-33-30-21-18-15-12-9-6-3)56-50(53)44-41-38-35-32-29-26-23-20-17-14-11-8-5-2/h7-8,10-12,15-17,19-20,24-26,28-29,31,35,37-38,40,47H,4-6,9,13-14,18,21-23,27,30,32-34,36,39,41-46H2,1-3H3/b10-7-,11-8-,15-12-,19-16-,20-17-,25-24-,29-26-,31-28-,38-35-,40-37-. The molecule has 0 rings (SSSR count). The largest absolute Gasteiger partial charge is 0.462 e. The van der Waals surface area contributed by atoms with Crippen LogP contribution in [0, 0.1) is 0 Å². The van der Waals surface area contributed by atoms with Crippen molar-refractivity contribution in [1.29, 1.82) is 0 Å². The van der Waals surface area contributed by atoms with Crippen LogP contribution in [-0.2, 0) is 28.6 Å². The van der Waals surface area contributed by atoms with Gasteiger partial charge in [-0.05, 0) is 89.9 Å². The van der Waals surface area contributed by atoms with Crippen LogP contribution >= 0.6 is 0 Å². The Hall–Kier alpha value is -4.19. The second-order valence-electron chi connectivity index (χ2n) is 13.5. The maximum atomic E-state index is 12.6. The van der Waals surface area contributed by atoms with Gasteiger partial charge in [0.2, 0.25) is 0 Å². The Bertz CT molecular complexity index is 1260. The Labute approximate surface area is 342 Å². The fourth-order valence-electron chi connectivity index (χ4n) is 5.06. The van der Waals surface area contributed by atoms with E-state index in [-0.39, 0.29) is 32.0 Å². The Morgan fingerprint density at radius 2 is 0.804 bits per heavy atom. The van der Waals surface area contributed by atoms with Gasteiger partial charge in [-0.2, -0.15) is 0 Å². The van der Waals surface area contributed by atoms with Crippen molar-refractivity contribution in [2.24, 2.45) is 0 Å². The van der Waals surface area contributed by atoms with E-state index in [1.54, 1.807) is 6.08 Å². The van der Waals surface area contributed by atoms with Gasteiger partial charge in [0.1, 0.15) is 13.2 Å². The average molecular weight is 773 g/mol. The smallest absolute Gasteiger partial charge is 0.309 e. The predicted octanol–water partition coefficient (Wildman–Crippen LogP) is 13.8. The van der Waals surface area contributed by atoms with Crippen LogP contribution in [0.1, 0.15) is 156 Å². The molecule has 0 aromatic rings. The summed E-state index contributed by atoms with van der Waals surface area (Å²) in [7, 11) is 0. The third-order valence-corrected chi connectivity index (χ3v) is 8.21. The molecule has 0 aromatic carbocycles. The van der Waals surface area contributed by atoms with E-state index >= 15 is 0 Å². The molecule has 312 valence electrons. The van der Waals surface area contributed by atoms with E-state index in [1.807, 2.05) is 18.2 Å². The number of ether oxygens (including phenoxy) is 3. The second kappa shape index (κ2) is 43.5. The molecule has 0 spiro atoms. The lowest BCUT2D eigenvalue weighted by Crippen LogP contribution is -2.30. The van der Waals surface area contributed by atoms with Gasteiger partial charge in [-0.1, -0.05) is 168 Å². The Balaban J connectivity index is 4.66. The number of carbonyl (C=O) groups excluding carboxylic acids is 3. The minimum Gasteiger partial charge on any atom is -0.462 e. The molecule has 0 aliphatic rings. The van der Waals surface area contributed by atoms with Crippen molar-refractivity contribution in [2.75, 3.05) is 13.2 Å². The molecular weight excluding hydrogens is 697 g/mol.